The molecule has 0 aromatic carbocycles. The highest BCUT2D eigenvalue weighted by Crippen LogP contribution is 2.41. The van der Waals surface area contributed by atoms with E-state index in [1.54, 1.807) is 0 Å². The van der Waals surface area contributed by atoms with Crippen molar-refractivity contribution in [1.82, 2.24) is 0 Å². The Hall–Kier alpha value is -1.06. The van der Waals surface area contributed by atoms with Gasteiger partial charge in [0.05, 0.1) is 0 Å². The molecule has 0 amide bonds. The van der Waals surface area contributed by atoms with Crippen molar-refractivity contribution in [3.05, 3.63) is 0 Å². The average Bonchev–Trinajstić information content (AvgIpc) is 2.41. The summed E-state index contributed by atoms with van der Waals surface area (Å²) in [6.07, 6.45) is 10.4. The first-order valence-corrected chi connectivity index (χ1v) is 8.39. The van der Waals surface area contributed by atoms with Gasteiger partial charge in [-0.15, -0.1) is 0 Å². The van der Waals surface area contributed by atoms with Crippen molar-refractivity contribution < 1.29 is 19.8 Å². The van der Waals surface area contributed by atoms with E-state index in [1.165, 1.54) is 0 Å². The van der Waals surface area contributed by atoms with Crippen molar-refractivity contribution in [3.63, 3.8) is 0 Å². The van der Waals surface area contributed by atoms with E-state index in [2.05, 4.69) is 13.8 Å². The topological polar surface area (TPSA) is 74.6 Å². The summed E-state index contributed by atoms with van der Waals surface area (Å²) >= 11 is 0. The van der Waals surface area contributed by atoms with Gasteiger partial charge in [-0.25, -0.2) is 0 Å². The third-order valence-electron chi connectivity index (χ3n) is 4.32. The summed E-state index contributed by atoms with van der Waals surface area (Å²) in [6.45, 7) is 4.33. The van der Waals surface area contributed by atoms with Gasteiger partial charge in [0.2, 0.25) is 0 Å². The molecule has 0 saturated heterocycles. The zero-order chi connectivity index (χ0) is 16.1. The van der Waals surface area contributed by atoms with Crippen LogP contribution in [0.2, 0.25) is 0 Å². The number of aliphatic carboxylic acids is 2. The molecule has 0 heterocycles. The Balaban J connectivity index is 4.65. The third-order valence-corrected chi connectivity index (χ3v) is 4.32. The third kappa shape index (κ3) is 10.3. The van der Waals surface area contributed by atoms with Gasteiger partial charge in [-0.2, -0.15) is 0 Å². The molecule has 124 valence electrons. The van der Waals surface area contributed by atoms with Crippen LogP contribution in [0.4, 0.5) is 0 Å². The summed E-state index contributed by atoms with van der Waals surface area (Å²) in [5.41, 5.74) is 0.150. The fraction of sp³-hybridized carbons (Fsp3) is 0.882. The van der Waals surface area contributed by atoms with E-state index in [9.17, 15) is 9.59 Å². The molecule has 0 unspecified atom stereocenters. The Morgan fingerprint density at radius 1 is 0.714 bits per heavy atom. The fourth-order valence-corrected chi connectivity index (χ4v) is 3.08. The molecule has 0 aromatic rings. The molecule has 0 aliphatic rings. The second-order valence-corrected chi connectivity index (χ2v) is 6.20. The smallest absolute Gasteiger partial charge is 0.303 e. The lowest BCUT2D eigenvalue weighted by molar-refractivity contribution is -0.138. The van der Waals surface area contributed by atoms with Crippen LogP contribution in [0.3, 0.4) is 0 Å². The minimum atomic E-state index is -0.736. The summed E-state index contributed by atoms with van der Waals surface area (Å²) in [5, 5.41) is 17.7. The molecular weight excluding hydrogens is 268 g/mol. The Labute approximate surface area is 128 Å². The highest BCUT2D eigenvalue weighted by molar-refractivity contribution is 5.66. The molecule has 4 nitrogen and oxygen atoms in total. The summed E-state index contributed by atoms with van der Waals surface area (Å²) in [4.78, 5) is 21.5. The van der Waals surface area contributed by atoms with Crippen LogP contribution in [0.25, 0.3) is 0 Å². The minimum absolute atomic E-state index is 0.150. The van der Waals surface area contributed by atoms with E-state index in [0.717, 1.165) is 51.4 Å². The molecule has 0 radical (unpaired) electrons. The second-order valence-electron chi connectivity index (χ2n) is 6.20. The van der Waals surface area contributed by atoms with E-state index in [1.807, 2.05) is 0 Å². The van der Waals surface area contributed by atoms with Gasteiger partial charge in [0.1, 0.15) is 0 Å². The lowest BCUT2D eigenvalue weighted by atomic mass is 9.71. The van der Waals surface area contributed by atoms with Crippen LogP contribution in [-0.4, -0.2) is 22.2 Å². The number of hydrogen-bond donors (Lipinski definition) is 2. The van der Waals surface area contributed by atoms with E-state index in [4.69, 9.17) is 10.2 Å². The normalized spacial score (nSPS) is 11.5. The van der Waals surface area contributed by atoms with Crippen LogP contribution in [0.1, 0.15) is 90.9 Å². The zero-order valence-electron chi connectivity index (χ0n) is 13.7. The molecule has 0 rings (SSSR count). The predicted octanol–water partition coefficient (Wildman–Crippen LogP) is 4.86. The molecule has 21 heavy (non-hydrogen) atoms. The molecule has 0 spiro atoms. The second kappa shape index (κ2) is 11.6. The molecule has 4 heteroatoms. The van der Waals surface area contributed by atoms with Gasteiger partial charge in [0.15, 0.2) is 0 Å². The van der Waals surface area contributed by atoms with Gasteiger partial charge in [0, 0.05) is 12.8 Å². The molecular formula is C17H32O4. The van der Waals surface area contributed by atoms with Gasteiger partial charge >= 0.3 is 11.9 Å². The van der Waals surface area contributed by atoms with E-state index in [-0.39, 0.29) is 18.3 Å². The monoisotopic (exact) mass is 300 g/mol. The quantitative estimate of drug-likeness (QED) is 0.480. The first-order valence-electron chi connectivity index (χ1n) is 8.39. The van der Waals surface area contributed by atoms with Crippen LogP contribution in [0, 0.1) is 5.41 Å². The first kappa shape index (κ1) is 19.9. The van der Waals surface area contributed by atoms with Crippen LogP contribution < -0.4 is 0 Å². The average molecular weight is 300 g/mol. The molecule has 0 bridgehead atoms. The Morgan fingerprint density at radius 2 is 1.05 bits per heavy atom. The Bertz CT molecular complexity index is 269. The Morgan fingerprint density at radius 3 is 1.33 bits per heavy atom. The maximum Gasteiger partial charge on any atom is 0.303 e. The Kier molecular flexibility index (Phi) is 11.0. The lowest BCUT2D eigenvalue weighted by Crippen LogP contribution is -2.22. The zero-order valence-corrected chi connectivity index (χ0v) is 13.7. The molecule has 0 saturated carbocycles. The van der Waals surface area contributed by atoms with Gasteiger partial charge in [0.25, 0.3) is 0 Å². The van der Waals surface area contributed by atoms with Crippen molar-refractivity contribution in [2.24, 2.45) is 5.41 Å². The fourth-order valence-electron chi connectivity index (χ4n) is 3.08. The van der Waals surface area contributed by atoms with Gasteiger partial charge in [-0.1, -0.05) is 39.5 Å². The van der Waals surface area contributed by atoms with Gasteiger partial charge in [-0.3, -0.25) is 9.59 Å². The van der Waals surface area contributed by atoms with Crippen molar-refractivity contribution in [2.45, 2.75) is 90.9 Å². The SMILES string of the molecule is CCCCC(CCCC)(CCCC(=O)O)CCCC(=O)O. The number of unbranched alkanes of at least 4 members (excludes halogenated alkanes) is 2. The van der Waals surface area contributed by atoms with E-state index < -0.39 is 11.9 Å². The summed E-state index contributed by atoms with van der Waals surface area (Å²) in [7, 11) is 0. The van der Waals surface area contributed by atoms with Crippen LogP contribution in [0.15, 0.2) is 0 Å². The van der Waals surface area contributed by atoms with Crippen molar-refractivity contribution in [2.75, 3.05) is 0 Å². The van der Waals surface area contributed by atoms with Gasteiger partial charge < -0.3 is 10.2 Å². The highest BCUT2D eigenvalue weighted by Gasteiger charge is 2.28. The van der Waals surface area contributed by atoms with Crippen LogP contribution in [0.5, 0.6) is 0 Å². The largest absolute Gasteiger partial charge is 0.481 e. The lowest BCUT2D eigenvalue weighted by Gasteiger charge is -2.34. The maximum atomic E-state index is 10.7. The number of carboxylic acids is 2. The highest BCUT2D eigenvalue weighted by atomic mass is 16.4. The number of hydrogen-bond acceptors (Lipinski definition) is 2. The summed E-state index contributed by atoms with van der Waals surface area (Å²) < 4.78 is 0. The molecule has 0 aliphatic heterocycles. The maximum absolute atomic E-state index is 10.7. The summed E-state index contributed by atoms with van der Waals surface area (Å²) in [6, 6.07) is 0. The molecule has 2 N–H and O–H groups in total. The number of carbonyl (C=O) groups is 2. The van der Waals surface area contributed by atoms with E-state index >= 15 is 0 Å². The minimum Gasteiger partial charge on any atom is -0.481 e. The number of carboxylic acid groups (broad SMARTS) is 2. The van der Waals surface area contributed by atoms with Crippen molar-refractivity contribution in [1.29, 1.82) is 0 Å². The predicted molar refractivity (Wildman–Crippen MR) is 84.5 cm³/mol. The molecule has 0 aliphatic carbocycles. The molecule has 0 aromatic heterocycles. The van der Waals surface area contributed by atoms with Gasteiger partial charge in [-0.05, 0) is 43.9 Å². The standard InChI is InChI=1S/C17H32O4/c1-3-5-11-17(12-6-4-2,13-7-9-15(18)19)14-8-10-16(20)21/h3-14H2,1-2H3,(H,18,19)(H,20,21). The van der Waals surface area contributed by atoms with Crippen LogP contribution >= 0.6 is 0 Å². The molecule has 0 fully saturated rings. The summed E-state index contributed by atoms with van der Waals surface area (Å²) in [5.74, 6) is -1.47. The van der Waals surface area contributed by atoms with Crippen molar-refractivity contribution >= 4 is 11.9 Å². The molecule has 0 atom stereocenters. The van der Waals surface area contributed by atoms with Crippen molar-refractivity contribution in [3.8, 4) is 0 Å². The first-order chi connectivity index (χ1) is 9.95. The van der Waals surface area contributed by atoms with E-state index in [0.29, 0.717) is 12.8 Å². The van der Waals surface area contributed by atoms with Crippen LogP contribution in [-0.2, 0) is 9.59 Å². The number of rotatable bonds is 14.